The van der Waals surface area contributed by atoms with Crippen molar-refractivity contribution in [3.05, 3.63) is 48.0 Å². The van der Waals surface area contributed by atoms with Crippen LogP contribution in [0.5, 0.6) is 0 Å². The summed E-state index contributed by atoms with van der Waals surface area (Å²) in [7, 11) is 0. The quantitative estimate of drug-likeness (QED) is 0.659. The third-order valence-electron chi connectivity index (χ3n) is 3.45. The van der Waals surface area contributed by atoms with E-state index in [1.807, 2.05) is 22.7 Å². The predicted molar refractivity (Wildman–Crippen MR) is 71.5 cm³/mol. The van der Waals surface area contributed by atoms with Gasteiger partial charge in [-0.2, -0.15) is 0 Å². The predicted octanol–water partition coefficient (Wildman–Crippen LogP) is 1.23. The van der Waals surface area contributed by atoms with E-state index in [2.05, 4.69) is 26.1 Å². The molecule has 2 N–H and O–H groups in total. The van der Waals surface area contributed by atoms with E-state index in [1.165, 1.54) is 11.1 Å². The topological polar surface area (TPSA) is 72.3 Å². The smallest absolute Gasteiger partial charge is 0.203 e. The van der Waals surface area contributed by atoms with Gasteiger partial charge in [-0.3, -0.25) is 4.40 Å². The monoisotopic (exact) mass is 252 g/mol. The minimum absolute atomic E-state index is 0.781. The van der Waals surface area contributed by atoms with Gasteiger partial charge in [-0.25, -0.2) is 4.98 Å². The van der Waals surface area contributed by atoms with Crippen molar-refractivity contribution in [3.63, 3.8) is 0 Å². The number of rotatable bonds is 1. The molecule has 0 saturated heterocycles. The Morgan fingerprint density at radius 1 is 1.16 bits per heavy atom. The molecule has 0 saturated carbocycles. The summed E-state index contributed by atoms with van der Waals surface area (Å²) in [5.74, 6) is 0.856. The van der Waals surface area contributed by atoms with Gasteiger partial charge in [0.25, 0.3) is 0 Å². The van der Waals surface area contributed by atoms with E-state index in [0.29, 0.717) is 0 Å². The van der Waals surface area contributed by atoms with E-state index in [9.17, 15) is 0 Å². The van der Waals surface area contributed by atoms with Crippen LogP contribution in [0.3, 0.4) is 0 Å². The maximum absolute atomic E-state index is 5.83. The van der Waals surface area contributed by atoms with E-state index >= 15 is 0 Å². The van der Waals surface area contributed by atoms with Crippen LogP contribution in [0.1, 0.15) is 11.1 Å². The lowest BCUT2D eigenvalue weighted by Gasteiger charge is -2.16. The summed E-state index contributed by atoms with van der Waals surface area (Å²) in [6.45, 7) is 1.63. The SMILES string of the molecule is Nc1ccc2c(c1)CN(c1nccn3cnnc13)C2. The van der Waals surface area contributed by atoms with E-state index in [4.69, 9.17) is 5.73 Å². The maximum Gasteiger partial charge on any atom is 0.203 e. The summed E-state index contributed by atoms with van der Waals surface area (Å²) in [6, 6.07) is 6.04. The first-order valence-electron chi connectivity index (χ1n) is 6.08. The van der Waals surface area contributed by atoms with Gasteiger partial charge >= 0.3 is 0 Å². The fourth-order valence-electron chi connectivity index (χ4n) is 2.53. The largest absolute Gasteiger partial charge is 0.399 e. The highest BCUT2D eigenvalue weighted by atomic mass is 15.3. The van der Waals surface area contributed by atoms with Crippen molar-refractivity contribution >= 4 is 17.2 Å². The zero-order valence-electron chi connectivity index (χ0n) is 10.2. The number of hydrogen-bond donors (Lipinski definition) is 1. The number of nitrogens with two attached hydrogens (primary N) is 1. The Kier molecular flexibility index (Phi) is 2.00. The molecule has 0 bridgehead atoms. The van der Waals surface area contributed by atoms with Gasteiger partial charge in [0.15, 0.2) is 5.82 Å². The van der Waals surface area contributed by atoms with E-state index in [1.54, 1.807) is 12.5 Å². The van der Waals surface area contributed by atoms with Crippen molar-refractivity contribution in [2.24, 2.45) is 0 Å². The first kappa shape index (κ1) is 10.3. The maximum atomic E-state index is 5.83. The van der Waals surface area contributed by atoms with E-state index in [0.717, 1.165) is 30.2 Å². The highest BCUT2D eigenvalue weighted by Crippen LogP contribution is 2.29. The van der Waals surface area contributed by atoms with Gasteiger partial charge in [0.2, 0.25) is 5.65 Å². The van der Waals surface area contributed by atoms with Crippen LogP contribution in [0.15, 0.2) is 36.9 Å². The molecule has 3 aromatic rings. The summed E-state index contributed by atoms with van der Waals surface area (Å²) < 4.78 is 1.87. The molecule has 19 heavy (non-hydrogen) atoms. The minimum atomic E-state index is 0.781. The lowest BCUT2D eigenvalue weighted by atomic mass is 10.1. The molecule has 1 aliphatic rings. The number of benzene rings is 1. The molecule has 0 aliphatic carbocycles. The van der Waals surface area contributed by atoms with E-state index < -0.39 is 0 Å². The summed E-state index contributed by atoms with van der Waals surface area (Å²) >= 11 is 0. The molecule has 1 aliphatic heterocycles. The van der Waals surface area contributed by atoms with Gasteiger partial charge in [0.05, 0.1) is 0 Å². The molecule has 0 atom stereocenters. The summed E-state index contributed by atoms with van der Waals surface area (Å²) in [6.07, 6.45) is 5.30. The van der Waals surface area contributed by atoms with Crippen molar-refractivity contribution in [1.82, 2.24) is 19.6 Å². The lowest BCUT2D eigenvalue weighted by Crippen LogP contribution is -2.17. The molecule has 0 amide bonds. The molecule has 94 valence electrons. The van der Waals surface area contributed by atoms with Gasteiger partial charge in [0, 0.05) is 31.2 Å². The van der Waals surface area contributed by atoms with Crippen LogP contribution in [0, 0.1) is 0 Å². The fourth-order valence-corrected chi connectivity index (χ4v) is 2.53. The van der Waals surface area contributed by atoms with Gasteiger partial charge in [-0.1, -0.05) is 6.07 Å². The molecule has 0 unspecified atom stereocenters. The average molecular weight is 252 g/mol. The first-order valence-corrected chi connectivity index (χ1v) is 6.08. The van der Waals surface area contributed by atoms with Crippen LogP contribution < -0.4 is 10.6 Å². The number of fused-ring (bicyclic) bond motifs is 2. The van der Waals surface area contributed by atoms with Crippen LogP contribution in [0.25, 0.3) is 5.65 Å². The second kappa shape index (κ2) is 3.68. The third kappa shape index (κ3) is 1.53. The van der Waals surface area contributed by atoms with Gasteiger partial charge < -0.3 is 10.6 Å². The van der Waals surface area contributed by atoms with Crippen molar-refractivity contribution in [1.29, 1.82) is 0 Å². The summed E-state index contributed by atoms with van der Waals surface area (Å²) in [5.41, 5.74) is 9.95. The molecule has 0 fully saturated rings. The van der Waals surface area contributed by atoms with Gasteiger partial charge in [0.1, 0.15) is 6.33 Å². The molecule has 0 radical (unpaired) electrons. The Morgan fingerprint density at radius 2 is 2.05 bits per heavy atom. The van der Waals surface area contributed by atoms with Crippen molar-refractivity contribution in [2.75, 3.05) is 10.6 Å². The highest BCUT2D eigenvalue weighted by Gasteiger charge is 2.22. The van der Waals surface area contributed by atoms with Gasteiger partial charge in [-0.05, 0) is 23.3 Å². The number of nitrogens with zero attached hydrogens (tertiary/aromatic N) is 5. The van der Waals surface area contributed by atoms with Crippen LogP contribution in [-0.2, 0) is 13.1 Å². The van der Waals surface area contributed by atoms with Crippen LogP contribution in [0.2, 0.25) is 0 Å². The fraction of sp³-hybridized carbons (Fsp3) is 0.154. The Morgan fingerprint density at radius 3 is 3.00 bits per heavy atom. The first-order chi connectivity index (χ1) is 9.31. The number of hydrogen-bond acceptors (Lipinski definition) is 5. The molecule has 6 heteroatoms. The molecule has 1 aromatic carbocycles. The van der Waals surface area contributed by atoms with Crippen molar-refractivity contribution in [2.45, 2.75) is 13.1 Å². The molecular formula is C13H12N6. The molecule has 4 rings (SSSR count). The third-order valence-corrected chi connectivity index (χ3v) is 3.45. The number of anilines is 2. The van der Waals surface area contributed by atoms with Gasteiger partial charge in [-0.15, -0.1) is 10.2 Å². The molecule has 3 heterocycles. The second-order valence-electron chi connectivity index (χ2n) is 4.70. The highest BCUT2D eigenvalue weighted by molar-refractivity contribution is 5.65. The number of nitrogen functional groups attached to an aromatic ring is 1. The minimum Gasteiger partial charge on any atom is -0.399 e. The number of aromatic nitrogens is 4. The van der Waals surface area contributed by atoms with Crippen LogP contribution >= 0.6 is 0 Å². The Balaban J connectivity index is 1.78. The van der Waals surface area contributed by atoms with Crippen LogP contribution in [-0.4, -0.2) is 19.6 Å². The average Bonchev–Trinajstić information content (AvgIpc) is 3.03. The summed E-state index contributed by atoms with van der Waals surface area (Å²) in [4.78, 5) is 6.63. The zero-order chi connectivity index (χ0) is 12.8. The van der Waals surface area contributed by atoms with Crippen LogP contribution in [0.4, 0.5) is 11.5 Å². The normalized spacial score (nSPS) is 14.0. The van der Waals surface area contributed by atoms with Crippen molar-refractivity contribution in [3.8, 4) is 0 Å². The van der Waals surface area contributed by atoms with E-state index in [-0.39, 0.29) is 0 Å². The lowest BCUT2D eigenvalue weighted by molar-refractivity contribution is 0.852. The zero-order valence-corrected chi connectivity index (χ0v) is 10.2. The summed E-state index contributed by atoms with van der Waals surface area (Å²) in [5, 5.41) is 8.05. The Hall–Kier alpha value is -2.63. The standard InChI is InChI=1S/C13H12N6/c14-11-2-1-9-6-19(7-10(9)5-11)12-13-17-16-8-18(13)4-3-15-12/h1-5,8H,6-7,14H2. The molecule has 0 spiro atoms. The molecule has 6 nitrogen and oxygen atoms in total. The Bertz CT molecular complexity index is 763. The second-order valence-corrected chi connectivity index (χ2v) is 4.70. The molecular weight excluding hydrogens is 240 g/mol. The van der Waals surface area contributed by atoms with Crippen molar-refractivity contribution < 1.29 is 0 Å². The Labute approximate surface area is 109 Å². The molecule has 2 aromatic heterocycles.